The summed E-state index contributed by atoms with van der Waals surface area (Å²) in [6.45, 7) is 8.61. The number of piperazine rings is 1. The highest BCUT2D eigenvalue weighted by Crippen LogP contribution is 2.14. The summed E-state index contributed by atoms with van der Waals surface area (Å²) in [7, 11) is 0. The van der Waals surface area contributed by atoms with Gasteiger partial charge in [-0.2, -0.15) is 0 Å². The van der Waals surface area contributed by atoms with Crippen molar-refractivity contribution in [2.45, 2.75) is 26.8 Å². The van der Waals surface area contributed by atoms with Gasteiger partial charge in [-0.25, -0.2) is 4.79 Å². The number of carbonyl (C=O) groups excluding carboxylic acids is 1. The quantitative estimate of drug-likeness (QED) is 0.918. The monoisotopic (exact) mass is 337 g/mol. The van der Waals surface area contributed by atoms with E-state index in [1.54, 1.807) is 0 Å². The van der Waals surface area contributed by atoms with Crippen LogP contribution in [0.1, 0.15) is 23.6 Å². The van der Waals surface area contributed by atoms with Crippen LogP contribution in [0.4, 0.5) is 10.5 Å². The van der Waals surface area contributed by atoms with Gasteiger partial charge < -0.3 is 10.2 Å². The molecule has 0 atom stereocenters. The number of hydrogen-bond donors (Lipinski definition) is 1. The Hall–Kier alpha value is -2.33. The van der Waals surface area contributed by atoms with Crippen molar-refractivity contribution in [2.24, 2.45) is 0 Å². The highest BCUT2D eigenvalue weighted by atomic mass is 16.2. The molecule has 0 spiro atoms. The van der Waals surface area contributed by atoms with Crippen molar-refractivity contribution in [3.8, 4) is 0 Å². The van der Waals surface area contributed by atoms with Crippen molar-refractivity contribution in [2.75, 3.05) is 31.5 Å². The molecule has 1 fully saturated rings. The molecule has 0 aromatic heterocycles. The zero-order valence-electron chi connectivity index (χ0n) is 15.2. The molecule has 4 nitrogen and oxygen atoms in total. The summed E-state index contributed by atoms with van der Waals surface area (Å²) in [5.41, 5.74) is 4.85. The lowest BCUT2D eigenvalue weighted by molar-refractivity contribution is 0.143. The zero-order valence-corrected chi connectivity index (χ0v) is 15.2. The Morgan fingerprint density at radius 1 is 1.00 bits per heavy atom. The summed E-state index contributed by atoms with van der Waals surface area (Å²) in [6, 6.07) is 16.6. The van der Waals surface area contributed by atoms with Crippen LogP contribution in [0.15, 0.2) is 48.5 Å². The topological polar surface area (TPSA) is 35.6 Å². The molecule has 0 unspecified atom stereocenters. The number of nitrogens with zero attached hydrogens (tertiary/aromatic N) is 2. The predicted molar refractivity (Wildman–Crippen MR) is 103 cm³/mol. The minimum atomic E-state index is -0.000194. The Kier molecular flexibility index (Phi) is 5.71. The highest BCUT2D eigenvalue weighted by molar-refractivity contribution is 5.89. The van der Waals surface area contributed by atoms with Crippen LogP contribution in [-0.2, 0) is 13.0 Å². The number of urea groups is 1. The van der Waals surface area contributed by atoms with E-state index in [9.17, 15) is 4.79 Å². The molecule has 0 radical (unpaired) electrons. The van der Waals surface area contributed by atoms with E-state index in [1.807, 2.05) is 17.0 Å². The van der Waals surface area contributed by atoms with Crippen molar-refractivity contribution in [3.05, 3.63) is 65.2 Å². The minimum Gasteiger partial charge on any atom is -0.322 e. The Morgan fingerprint density at radius 3 is 2.32 bits per heavy atom. The van der Waals surface area contributed by atoms with Crippen LogP contribution >= 0.6 is 0 Å². The van der Waals surface area contributed by atoms with Gasteiger partial charge in [0, 0.05) is 38.4 Å². The minimum absolute atomic E-state index is 0.000194. The van der Waals surface area contributed by atoms with Gasteiger partial charge in [0.05, 0.1) is 0 Å². The summed E-state index contributed by atoms with van der Waals surface area (Å²) >= 11 is 0. The average Bonchev–Trinajstić information content (AvgIpc) is 2.65. The van der Waals surface area contributed by atoms with Crippen molar-refractivity contribution in [1.29, 1.82) is 0 Å². The van der Waals surface area contributed by atoms with Crippen LogP contribution in [0.3, 0.4) is 0 Å². The molecule has 2 aromatic rings. The lowest BCUT2D eigenvalue weighted by atomic mass is 10.1. The standard InChI is InChI=1S/C21H27N3O/c1-3-18-8-10-20(11-9-18)22-21(25)24-14-12-23(13-15-24)16-19-7-5-4-6-17(19)2/h4-11H,3,12-16H2,1-2H3,(H,22,25). The molecule has 0 saturated carbocycles. The maximum atomic E-state index is 12.4. The average molecular weight is 337 g/mol. The smallest absolute Gasteiger partial charge is 0.321 e. The first kappa shape index (κ1) is 17.5. The van der Waals surface area contributed by atoms with E-state index < -0.39 is 0 Å². The number of nitrogens with one attached hydrogen (secondary N) is 1. The third-order valence-electron chi connectivity index (χ3n) is 4.93. The van der Waals surface area contributed by atoms with Crippen LogP contribution in [0.2, 0.25) is 0 Å². The van der Waals surface area contributed by atoms with Gasteiger partial charge >= 0.3 is 6.03 Å². The van der Waals surface area contributed by atoms with Crippen LogP contribution < -0.4 is 5.32 Å². The number of rotatable bonds is 4. The third-order valence-corrected chi connectivity index (χ3v) is 4.93. The number of anilines is 1. The molecule has 25 heavy (non-hydrogen) atoms. The van der Waals surface area contributed by atoms with Gasteiger partial charge in [0.25, 0.3) is 0 Å². The van der Waals surface area contributed by atoms with Crippen LogP contribution in [0, 0.1) is 6.92 Å². The van der Waals surface area contributed by atoms with E-state index in [1.165, 1.54) is 16.7 Å². The fourth-order valence-electron chi connectivity index (χ4n) is 3.16. The second kappa shape index (κ2) is 8.17. The first-order chi connectivity index (χ1) is 12.2. The number of carbonyl (C=O) groups is 1. The summed E-state index contributed by atoms with van der Waals surface area (Å²) in [6.07, 6.45) is 1.01. The highest BCUT2D eigenvalue weighted by Gasteiger charge is 2.21. The summed E-state index contributed by atoms with van der Waals surface area (Å²) < 4.78 is 0. The number of aryl methyl sites for hydroxylation is 2. The molecular weight excluding hydrogens is 310 g/mol. The number of benzene rings is 2. The number of amides is 2. The Labute approximate surface area is 150 Å². The van der Waals surface area contributed by atoms with Gasteiger partial charge in [0.2, 0.25) is 0 Å². The fraction of sp³-hybridized carbons (Fsp3) is 0.381. The van der Waals surface area contributed by atoms with Gasteiger partial charge in [-0.05, 0) is 42.2 Å². The van der Waals surface area contributed by atoms with Gasteiger partial charge in [0.15, 0.2) is 0 Å². The largest absolute Gasteiger partial charge is 0.322 e. The van der Waals surface area contributed by atoms with Crippen molar-refractivity contribution >= 4 is 11.7 Å². The van der Waals surface area contributed by atoms with E-state index >= 15 is 0 Å². The fourth-order valence-corrected chi connectivity index (χ4v) is 3.16. The maximum absolute atomic E-state index is 12.4. The molecule has 1 aliphatic rings. The lowest BCUT2D eigenvalue weighted by Crippen LogP contribution is -2.49. The molecule has 4 heteroatoms. The van der Waals surface area contributed by atoms with Crippen molar-refractivity contribution < 1.29 is 4.79 Å². The molecule has 132 valence electrons. The summed E-state index contributed by atoms with van der Waals surface area (Å²) in [5.74, 6) is 0. The normalized spacial score (nSPS) is 15.2. The Balaban J connectivity index is 1.49. The molecule has 0 bridgehead atoms. The summed E-state index contributed by atoms with van der Waals surface area (Å²) in [5, 5.41) is 3.01. The molecule has 1 aliphatic heterocycles. The molecule has 0 aliphatic carbocycles. The maximum Gasteiger partial charge on any atom is 0.321 e. The Morgan fingerprint density at radius 2 is 1.68 bits per heavy atom. The predicted octanol–water partition coefficient (Wildman–Crippen LogP) is 3.91. The van der Waals surface area contributed by atoms with E-state index in [4.69, 9.17) is 0 Å². The molecular formula is C21H27N3O. The second-order valence-corrected chi connectivity index (χ2v) is 6.67. The van der Waals surface area contributed by atoms with E-state index in [-0.39, 0.29) is 6.03 Å². The lowest BCUT2D eigenvalue weighted by Gasteiger charge is -2.35. The van der Waals surface area contributed by atoms with Gasteiger partial charge in [-0.3, -0.25) is 4.90 Å². The van der Waals surface area contributed by atoms with E-state index in [0.717, 1.165) is 44.8 Å². The molecule has 1 heterocycles. The molecule has 3 rings (SSSR count). The van der Waals surface area contributed by atoms with Crippen LogP contribution in [-0.4, -0.2) is 42.0 Å². The molecule has 2 aromatic carbocycles. The SMILES string of the molecule is CCc1ccc(NC(=O)N2CCN(Cc3ccccc3C)CC2)cc1. The third kappa shape index (κ3) is 4.60. The van der Waals surface area contributed by atoms with Crippen molar-refractivity contribution in [1.82, 2.24) is 9.80 Å². The van der Waals surface area contributed by atoms with E-state index in [2.05, 4.69) is 60.5 Å². The molecule has 2 amide bonds. The van der Waals surface area contributed by atoms with E-state index in [0.29, 0.717) is 0 Å². The first-order valence-corrected chi connectivity index (χ1v) is 9.07. The first-order valence-electron chi connectivity index (χ1n) is 9.07. The van der Waals surface area contributed by atoms with Gasteiger partial charge in [0.1, 0.15) is 0 Å². The van der Waals surface area contributed by atoms with Gasteiger partial charge in [-0.1, -0.05) is 43.3 Å². The Bertz CT molecular complexity index is 703. The van der Waals surface area contributed by atoms with Crippen molar-refractivity contribution in [3.63, 3.8) is 0 Å². The summed E-state index contributed by atoms with van der Waals surface area (Å²) in [4.78, 5) is 16.8. The van der Waals surface area contributed by atoms with Crippen LogP contribution in [0.25, 0.3) is 0 Å². The molecule has 1 N–H and O–H groups in total. The second-order valence-electron chi connectivity index (χ2n) is 6.67. The zero-order chi connectivity index (χ0) is 17.6. The van der Waals surface area contributed by atoms with Crippen LogP contribution in [0.5, 0.6) is 0 Å². The number of hydrogen-bond acceptors (Lipinski definition) is 2. The molecule has 1 saturated heterocycles. The van der Waals surface area contributed by atoms with Gasteiger partial charge in [-0.15, -0.1) is 0 Å².